The zero-order valence-corrected chi connectivity index (χ0v) is 15.6. The molecule has 1 rings (SSSR count). The van der Waals surface area contributed by atoms with Gasteiger partial charge in [0.15, 0.2) is 11.5 Å². The minimum Gasteiger partial charge on any atom is -0.493 e. The smallest absolute Gasteiger partial charge is 0.327 e. The molecule has 0 N–H and O–H groups in total. The van der Waals surface area contributed by atoms with Gasteiger partial charge in [0.2, 0.25) is 0 Å². The predicted octanol–water partition coefficient (Wildman–Crippen LogP) is 3.62. The van der Waals surface area contributed by atoms with Crippen LogP contribution in [-0.4, -0.2) is 40.1 Å². The second kappa shape index (κ2) is 12.0. The Balaban J connectivity index is 2.98. The zero-order valence-electron chi connectivity index (χ0n) is 15.6. The second-order valence-corrected chi connectivity index (χ2v) is 5.45. The quantitative estimate of drug-likeness (QED) is 0.297. The van der Waals surface area contributed by atoms with Crippen LogP contribution >= 0.6 is 0 Å². The molecule has 0 saturated carbocycles. The van der Waals surface area contributed by atoms with Gasteiger partial charge in [0, 0.05) is 29.8 Å². The fraction of sp³-hybridized carbons (Fsp3) is 0.500. The van der Waals surface area contributed by atoms with Crippen LogP contribution in [-0.2, 0) is 9.53 Å². The van der Waals surface area contributed by atoms with Gasteiger partial charge in [0.1, 0.15) is 6.54 Å². The van der Waals surface area contributed by atoms with Crippen LogP contribution in [0, 0.1) is 11.8 Å². The Bertz CT molecular complexity index is 641. The lowest BCUT2D eigenvalue weighted by molar-refractivity contribution is -0.138. The van der Waals surface area contributed by atoms with Crippen LogP contribution in [0.15, 0.2) is 17.1 Å². The monoisotopic (exact) mass is 345 g/mol. The summed E-state index contributed by atoms with van der Waals surface area (Å²) in [4.78, 5) is 15.3. The molecule has 0 spiro atoms. The molecule has 0 radical (unpaired) electrons. The standard InChI is InChI=1S/C20H27NO4/c1-5-6-7-8-9-10-11-16-12-18(23-2)19(24-3)13-17(16)14-21-15-20(22)25-4/h12-14H,5-9,15H2,1-4H3. The van der Waals surface area contributed by atoms with Gasteiger partial charge in [-0.15, -0.1) is 0 Å². The third-order valence-electron chi connectivity index (χ3n) is 3.61. The summed E-state index contributed by atoms with van der Waals surface area (Å²) in [6.07, 6.45) is 7.21. The Kier molecular flexibility index (Phi) is 9.84. The maximum atomic E-state index is 11.2. The van der Waals surface area contributed by atoms with Crippen LogP contribution < -0.4 is 9.47 Å². The van der Waals surface area contributed by atoms with Crippen molar-refractivity contribution in [3.8, 4) is 23.3 Å². The summed E-state index contributed by atoms with van der Waals surface area (Å²) in [6, 6.07) is 3.64. The van der Waals surface area contributed by atoms with E-state index in [0.29, 0.717) is 11.5 Å². The first-order chi connectivity index (χ1) is 12.2. The minimum atomic E-state index is -0.389. The Hall–Kier alpha value is -2.48. The number of aliphatic imine (C=N–C) groups is 1. The highest BCUT2D eigenvalue weighted by Crippen LogP contribution is 2.29. The number of carbonyl (C=O) groups is 1. The van der Waals surface area contributed by atoms with E-state index in [-0.39, 0.29) is 12.5 Å². The number of ether oxygens (including phenoxy) is 3. The number of carbonyl (C=O) groups excluding carboxylic acids is 1. The van der Waals surface area contributed by atoms with Crippen molar-refractivity contribution in [1.29, 1.82) is 0 Å². The molecule has 0 saturated heterocycles. The van der Waals surface area contributed by atoms with Crippen LogP contribution in [0.1, 0.15) is 50.2 Å². The van der Waals surface area contributed by atoms with Crippen LogP contribution in [0.4, 0.5) is 0 Å². The molecule has 5 nitrogen and oxygen atoms in total. The fourth-order valence-corrected chi connectivity index (χ4v) is 2.19. The van der Waals surface area contributed by atoms with Crippen LogP contribution in [0.2, 0.25) is 0 Å². The van der Waals surface area contributed by atoms with E-state index >= 15 is 0 Å². The summed E-state index contributed by atoms with van der Waals surface area (Å²) in [7, 11) is 4.50. The van der Waals surface area contributed by atoms with Gasteiger partial charge < -0.3 is 14.2 Å². The van der Waals surface area contributed by atoms with E-state index in [0.717, 1.165) is 24.0 Å². The zero-order chi connectivity index (χ0) is 18.5. The molecule has 0 aliphatic carbocycles. The molecule has 0 heterocycles. The van der Waals surface area contributed by atoms with Crippen molar-refractivity contribution in [2.24, 2.45) is 4.99 Å². The molecule has 0 amide bonds. The highest BCUT2D eigenvalue weighted by atomic mass is 16.5. The Morgan fingerprint density at radius 2 is 1.84 bits per heavy atom. The fourth-order valence-electron chi connectivity index (χ4n) is 2.19. The lowest BCUT2D eigenvalue weighted by Crippen LogP contribution is -2.04. The topological polar surface area (TPSA) is 57.1 Å². The molecule has 136 valence electrons. The number of hydrogen-bond donors (Lipinski definition) is 0. The third kappa shape index (κ3) is 7.30. The van der Waals surface area contributed by atoms with Gasteiger partial charge in [-0.25, -0.2) is 0 Å². The highest BCUT2D eigenvalue weighted by Gasteiger charge is 2.09. The number of rotatable bonds is 9. The summed E-state index contributed by atoms with van der Waals surface area (Å²) in [6.45, 7) is 2.16. The molecule has 0 aliphatic rings. The first kappa shape index (κ1) is 20.6. The van der Waals surface area contributed by atoms with Crippen molar-refractivity contribution in [1.82, 2.24) is 0 Å². The van der Waals surface area contributed by atoms with Crippen molar-refractivity contribution in [2.75, 3.05) is 27.9 Å². The summed E-state index contributed by atoms with van der Waals surface area (Å²) in [5.41, 5.74) is 1.57. The Morgan fingerprint density at radius 1 is 1.12 bits per heavy atom. The van der Waals surface area contributed by atoms with Crippen molar-refractivity contribution >= 4 is 12.2 Å². The minimum absolute atomic E-state index is 0.0330. The van der Waals surface area contributed by atoms with Crippen molar-refractivity contribution in [3.63, 3.8) is 0 Å². The first-order valence-corrected chi connectivity index (χ1v) is 8.47. The molecular formula is C20H27NO4. The van der Waals surface area contributed by atoms with Gasteiger partial charge in [-0.3, -0.25) is 9.79 Å². The molecule has 0 atom stereocenters. The molecule has 5 heteroatoms. The largest absolute Gasteiger partial charge is 0.493 e. The van der Waals surface area contributed by atoms with Gasteiger partial charge in [-0.2, -0.15) is 0 Å². The molecule has 1 aromatic carbocycles. The number of benzene rings is 1. The van der Waals surface area contributed by atoms with Crippen LogP contribution in [0.25, 0.3) is 0 Å². The number of hydrogen-bond acceptors (Lipinski definition) is 5. The molecule has 1 aromatic rings. The SMILES string of the molecule is CCCCCCC#Cc1cc(OC)c(OC)cc1C=NCC(=O)OC. The van der Waals surface area contributed by atoms with Gasteiger partial charge >= 0.3 is 5.97 Å². The number of methoxy groups -OCH3 is 3. The summed E-state index contributed by atoms with van der Waals surface area (Å²) < 4.78 is 15.3. The van der Waals surface area contributed by atoms with E-state index < -0.39 is 0 Å². The molecule has 0 unspecified atom stereocenters. The average Bonchev–Trinajstić information content (AvgIpc) is 2.64. The number of nitrogens with zero attached hydrogens (tertiary/aromatic N) is 1. The van der Waals surface area contributed by atoms with Crippen LogP contribution in [0.3, 0.4) is 0 Å². The first-order valence-electron chi connectivity index (χ1n) is 8.47. The Labute approximate surface area is 150 Å². The summed E-state index contributed by atoms with van der Waals surface area (Å²) >= 11 is 0. The van der Waals surface area contributed by atoms with Gasteiger partial charge in [0.25, 0.3) is 0 Å². The van der Waals surface area contributed by atoms with E-state index in [1.807, 2.05) is 6.07 Å². The maximum Gasteiger partial charge on any atom is 0.327 e. The van der Waals surface area contributed by atoms with Gasteiger partial charge in [-0.1, -0.05) is 38.0 Å². The lowest BCUT2D eigenvalue weighted by Gasteiger charge is -2.10. The summed E-state index contributed by atoms with van der Waals surface area (Å²) in [5, 5.41) is 0. The Morgan fingerprint density at radius 3 is 2.48 bits per heavy atom. The lowest BCUT2D eigenvalue weighted by atomic mass is 10.1. The average molecular weight is 345 g/mol. The van der Waals surface area contributed by atoms with E-state index in [4.69, 9.17) is 9.47 Å². The van der Waals surface area contributed by atoms with E-state index in [1.165, 1.54) is 26.4 Å². The number of esters is 1. The van der Waals surface area contributed by atoms with E-state index in [1.54, 1.807) is 26.5 Å². The van der Waals surface area contributed by atoms with E-state index in [9.17, 15) is 4.79 Å². The van der Waals surface area contributed by atoms with Crippen molar-refractivity contribution < 1.29 is 19.0 Å². The van der Waals surface area contributed by atoms with Crippen molar-refractivity contribution in [3.05, 3.63) is 23.3 Å². The second-order valence-electron chi connectivity index (χ2n) is 5.45. The molecular weight excluding hydrogens is 318 g/mol. The molecule has 25 heavy (non-hydrogen) atoms. The van der Waals surface area contributed by atoms with Crippen LogP contribution in [0.5, 0.6) is 11.5 Å². The van der Waals surface area contributed by atoms with Gasteiger partial charge in [-0.05, 0) is 12.5 Å². The molecule has 0 bridgehead atoms. The van der Waals surface area contributed by atoms with E-state index in [2.05, 4.69) is 28.5 Å². The van der Waals surface area contributed by atoms with Crippen molar-refractivity contribution in [2.45, 2.75) is 39.0 Å². The highest BCUT2D eigenvalue weighted by molar-refractivity contribution is 5.86. The normalized spacial score (nSPS) is 10.2. The predicted molar refractivity (Wildman–Crippen MR) is 99.7 cm³/mol. The molecule has 0 aromatic heterocycles. The molecule has 0 fully saturated rings. The number of unbranched alkanes of at least 4 members (excludes halogenated alkanes) is 4. The summed E-state index contributed by atoms with van der Waals surface area (Å²) in [5.74, 6) is 7.19. The molecule has 0 aliphatic heterocycles. The van der Waals surface area contributed by atoms with Gasteiger partial charge in [0.05, 0.1) is 21.3 Å². The maximum absolute atomic E-state index is 11.2. The third-order valence-corrected chi connectivity index (χ3v) is 3.61.